The molecule has 0 nitrogen and oxygen atoms in total. The van der Waals surface area contributed by atoms with Crippen LogP contribution in [-0.2, 0) is 12.6 Å². The van der Waals surface area contributed by atoms with Crippen LogP contribution in [-0.4, -0.2) is 5.88 Å². The first-order valence-electron chi connectivity index (χ1n) is 7.09. The molecule has 0 aliphatic heterocycles. The zero-order chi connectivity index (χ0) is 15.2. The van der Waals surface area contributed by atoms with Crippen LogP contribution in [0.3, 0.4) is 0 Å². The van der Waals surface area contributed by atoms with Crippen molar-refractivity contribution in [1.29, 1.82) is 0 Å². The molecule has 1 unspecified atom stereocenters. The molecule has 0 bridgehead atoms. The highest BCUT2D eigenvalue weighted by atomic mass is 35.5. The van der Waals surface area contributed by atoms with E-state index in [0.717, 1.165) is 37.3 Å². The third kappa shape index (κ3) is 4.69. The number of hydrogen-bond acceptors (Lipinski definition) is 0. The number of hydrogen-bond donors (Lipinski definition) is 0. The molecule has 0 N–H and O–H groups in total. The van der Waals surface area contributed by atoms with Crippen LogP contribution in [0.2, 0.25) is 0 Å². The third-order valence-corrected chi connectivity index (χ3v) is 4.49. The number of unbranched alkanes of at least 4 members (excludes halogenated alkanes) is 1. The van der Waals surface area contributed by atoms with Crippen molar-refractivity contribution in [1.82, 2.24) is 0 Å². The van der Waals surface area contributed by atoms with E-state index in [9.17, 15) is 13.2 Å². The monoisotopic (exact) mass is 306 g/mol. The van der Waals surface area contributed by atoms with Gasteiger partial charge in [0.1, 0.15) is 0 Å². The molecule has 4 heteroatoms. The smallest absolute Gasteiger partial charge is 0.166 e. The van der Waals surface area contributed by atoms with Crippen LogP contribution in [0.5, 0.6) is 0 Å². The van der Waals surface area contributed by atoms with Crippen molar-refractivity contribution in [2.24, 2.45) is 5.41 Å². The zero-order valence-corrected chi connectivity index (χ0v) is 12.8. The minimum Gasteiger partial charge on any atom is -0.166 e. The lowest BCUT2D eigenvalue weighted by Crippen LogP contribution is -2.25. The number of halogens is 4. The van der Waals surface area contributed by atoms with Gasteiger partial charge in [-0.3, -0.25) is 0 Å². The SMILES string of the molecule is CCCCC(CC)(CCl)Cc1cccc(C(F)(F)F)c1. The van der Waals surface area contributed by atoms with Gasteiger partial charge in [0.05, 0.1) is 5.56 Å². The highest BCUT2D eigenvalue weighted by Gasteiger charge is 2.32. The van der Waals surface area contributed by atoms with Gasteiger partial charge in [0, 0.05) is 5.88 Å². The predicted octanol–water partition coefficient (Wildman–Crippen LogP) is 6.07. The maximum Gasteiger partial charge on any atom is 0.416 e. The fraction of sp³-hybridized carbons (Fsp3) is 0.625. The standard InChI is InChI=1S/C16H22ClF3/c1-3-5-9-15(4-2,12-17)11-13-7-6-8-14(10-13)16(18,19)20/h6-8,10H,3-5,9,11-12H2,1-2H3. The molecule has 0 aromatic heterocycles. The Kier molecular flexibility index (Phi) is 6.38. The molecule has 1 aromatic carbocycles. The van der Waals surface area contributed by atoms with E-state index < -0.39 is 11.7 Å². The van der Waals surface area contributed by atoms with Gasteiger partial charge in [-0.15, -0.1) is 11.6 Å². The summed E-state index contributed by atoms with van der Waals surface area (Å²) in [7, 11) is 0. The van der Waals surface area contributed by atoms with Crippen LogP contribution in [0.4, 0.5) is 13.2 Å². The molecule has 20 heavy (non-hydrogen) atoms. The van der Waals surface area contributed by atoms with Crippen LogP contribution in [0.25, 0.3) is 0 Å². The Balaban J connectivity index is 2.94. The molecule has 0 heterocycles. The highest BCUT2D eigenvalue weighted by Crippen LogP contribution is 2.36. The van der Waals surface area contributed by atoms with Crippen molar-refractivity contribution < 1.29 is 13.2 Å². The number of alkyl halides is 4. The normalized spacial score (nSPS) is 15.1. The molecule has 1 atom stereocenters. The van der Waals surface area contributed by atoms with Gasteiger partial charge in [-0.05, 0) is 36.3 Å². The van der Waals surface area contributed by atoms with Crippen LogP contribution in [0, 0.1) is 5.41 Å². The Hall–Kier alpha value is -0.700. The Morgan fingerprint density at radius 3 is 2.35 bits per heavy atom. The van der Waals surface area contributed by atoms with Gasteiger partial charge in [-0.1, -0.05) is 44.9 Å². The van der Waals surface area contributed by atoms with E-state index in [1.54, 1.807) is 6.07 Å². The molecule has 0 aliphatic carbocycles. The fourth-order valence-corrected chi connectivity index (χ4v) is 2.86. The van der Waals surface area contributed by atoms with Crippen molar-refractivity contribution in [3.63, 3.8) is 0 Å². The molecular weight excluding hydrogens is 285 g/mol. The minimum absolute atomic E-state index is 0.0954. The van der Waals surface area contributed by atoms with Crippen molar-refractivity contribution in [2.75, 3.05) is 5.88 Å². The first-order chi connectivity index (χ1) is 9.37. The summed E-state index contributed by atoms with van der Waals surface area (Å²) < 4.78 is 38.2. The largest absolute Gasteiger partial charge is 0.416 e. The lowest BCUT2D eigenvalue weighted by atomic mass is 9.77. The maximum atomic E-state index is 12.7. The average Bonchev–Trinajstić information content (AvgIpc) is 2.43. The lowest BCUT2D eigenvalue weighted by Gasteiger charge is -2.31. The van der Waals surface area contributed by atoms with Gasteiger partial charge in [0.25, 0.3) is 0 Å². The van der Waals surface area contributed by atoms with Gasteiger partial charge in [-0.2, -0.15) is 13.2 Å². The summed E-state index contributed by atoms with van der Waals surface area (Å²) in [6, 6.07) is 5.61. The van der Waals surface area contributed by atoms with E-state index >= 15 is 0 Å². The van der Waals surface area contributed by atoms with Crippen LogP contribution in [0.15, 0.2) is 24.3 Å². The van der Waals surface area contributed by atoms with E-state index in [4.69, 9.17) is 11.6 Å². The molecule has 1 rings (SSSR count). The second-order valence-electron chi connectivity index (χ2n) is 5.47. The van der Waals surface area contributed by atoms with E-state index in [1.807, 2.05) is 0 Å². The van der Waals surface area contributed by atoms with Crippen molar-refractivity contribution in [3.8, 4) is 0 Å². The predicted molar refractivity (Wildman–Crippen MR) is 78.1 cm³/mol. The summed E-state index contributed by atoms with van der Waals surface area (Å²) in [5, 5.41) is 0. The number of rotatable bonds is 7. The average molecular weight is 307 g/mol. The molecule has 0 saturated heterocycles. The number of benzene rings is 1. The van der Waals surface area contributed by atoms with E-state index in [0.29, 0.717) is 12.3 Å². The highest BCUT2D eigenvalue weighted by molar-refractivity contribution is 6.18. The molecule has 0 fully saturated rings. The zero-order valence-electron chi connectivity index (χ0n) is 12.1. The minimum atomic E-state index is -4.28. The molecule has 0 aliphatic rings. The van der Waals surface area contributed by atoms with Gasteiger partial charge >= 0.3 is 6.18 Å². The van der Waals surface area contributed by atoms with Crippen LogP contribution in [0.1, 0.15) is 50.7 Å². The summed E-state index contributed by atoms with van der Waals surface area (Å²) in [5.41, 5.74) is 0.0467. The van der Waals surface area contributed by atoms with E-state index in [-0.39, 0.29) is 5.41 Å². The van der Waals surface area contributed by atoms with Crippen LogP contribution >= 0.6 is 11.6 Å². The van der Waals surface area contributed by atoms with E-state index in [1.165, 1.54) is 12.1 Å². The third-order valence-electron chi connectivity index (χ3n) is 3.93. The summed E-state index contributed by atoms with van der Waals surface area (Å²) in [6.45, 7) is 4.17. The first-order valence-corrected chi connectivity index (χ1v) is 7.62. The molecule has 114 valence electrons. The Morgan fingerprint density at radius 1 is 1.15 bits per heavy atom. The lowest BCUT2D eigenvalue weighted by molar-refractivity contribution is -0.137. The second kappa shape index (κ2) is 7.35. The first kappa shape index (κ1) is 17.4. The van der Waals surface area contributed by atoms with Gasteiger partial charge in [-0.25, -0.2) is 0 Å². The quantitative estimate of drug-likeness (QED) is 0.536. The van der Waals surface area contributed by atoms with Gasteiger partial charge in [0.2, 0.25) is 0 Å². The topological polar surface area (TPSA) is 0 Å². The summed E-state index contributed by atoms with van der Waals surface area (Å²) >= 11 is 6.12. The molecule has 0 amide bonds. The summed E-state index contributed by atoms with van der Waals surface area (Å²) in [6.07, 6.45) is 0.291. The molecular formula is C16H22ClF3. The Labute approximate surface area is 124 Å². The maximum absolute atomic E-state index is 12.7. The van der Waals surface area contributed by atoms with Gasteiger partial charge in [0.15, 0.2) is 0 Å². The van der Waals surface area contributed by atoms with Crippen molar-refractivity contribution in [2.45, 2.75) is 52.1 Å². The van der Waals surface area contributed by atoms with E-state index in [2.05, 4.69) is 13.8 Å². The molecule has 0 radical (unpaired) electrons. The molecule has 1 aromatic rings. The van der Waals surface area contributed by atoms with Gasteiger partial charge < -0.3 is 0 Å². The Bertz CT molecular complexity index is 408. The van der Waals surface area contributed by atoms with Crippen molar-refractivity contribution >= 4 is 11.6 Å². The van der Waals surface area contributed by atoms with Crippen LogP contribution < -0.4 is 0 Å². The van der Waals surface area contributed by atoms with Crippen molar-refractivity contribution in [3.05, 3.63) is 35.4 Å². The molecule has 0 saturated carbocycles. The summed E-state index contributed by atoms with van der Waals surface area (Å²) in [4.78, 5) is 0. The molecule has 0 spiro atoms. The fourth-order valence-electron chi connectivity index (χ4n) is 2.44. The Morgan fingerprint density at radius 2 is 1.85 bits per heavy atom. The second-order valence-corrected chi connectivity index (χ2v) is 5.73. The summed E-state index contributed by atoms with van der Waals surface area (Å²) in [5.74, 6) is 0.486.